The monoisotopic (exact) mass is 289 g/mol. The lowest BCUT2D eigenvalue weighted by Gasteiger charge is -2.26. The van der Waals surface area contributed by atoms with Crippen LogP contribution in [0, 0.1) is 0 Å². The number of ether oxygens (including phenoxy) is 2. The maximum Gasteiger partial charge on any atom is 0.418 e. The molecule has 20 heavy (non-hydrogen) atoms. The highest BCUT2D eigenvalue weighted by atomic mass is 19.4. The number of rotatable bonds is 4. The van der Waals surface area contributed by atoms with Crippen LogP contribution in [0.25, 0.3) is 0 Å². The number of hydrogen-bond acceptors (Lipinski definition) is 3. The smallest absolute Gasteiger partial charge is 0.379 e. The van der Waals surface area contributed by atoms with Crippen LogP contribution in [-0.2, 0) is 16.0 Å². The lowest BCUT2D eigenvalue weighted by atomic mass is 10.1. The fourth-order valence-electron chi connectivity index (χ4n) is 2.27. The first kappa shape index (κ1) is 15.3. The molecule has 112 valence electrons. The summed E-state index contributed by atoms with van der Waals surface area (Å²) in [6.45, 7) is 3.85. The van der Waals surface area contributed by atoms with E-state index in [4.69, 9.17) is 4.74 Å². The van der Waals surface area contributed by atoms with E-state index in [9.17, 15) is 13.2 Å². The van der Waals surface area contributed by atoms with Crippen LogP contribution >= 0.6 is 0 Å². The minimum atomic E-state index is -4.39. The molecular formula is C14H18F3NO2. The van der Waals surface area contributed by atoms with Crippen LogP contribution in [0.5, 0.6) is 0 Å². The Hall–Kier alpha value is -1.11. The van der Waals surface area contributed by atoms with Crippen LogP contribution in [0.4, 0.5) is 13.2 Å². The number of alkyl halides is 3. The zero-order valence-electron chi connectivity index (χ0n) is 11.3. The van der Waals surface area contributed by atoms with E-state index in [2.05, 4.69) is 9.64 Å². The first-order valence-electron chi connectivity index (χ1n) is 6.49. The quantitative estimate of drug-likeness (QED) is 0.851. The molecule has 0 amide bonds. The molecule has 0 N–H and O–H groups in total. The molecule has 1 fully saturated rings. The number of morpholine rings is 1. The molecule has 2 rings (SSSR count). The second-order valence-electron chi connectivity index (χ2n) is 4.79. The fraction of sp³-hybridized carbons (Fsp3) is 0.571. The minimum absolute atomic E-state index is 0.130. The van der Waals surface area contributed by atoms with E-state index in [0.29, 0.717) is 13.2 Å². The van der Waals surface area contributed by atoms with E-state index in [0.717, 1.165) is 32.3 Å². The summed E-state index contributed by atoms with van der Waals surface area (Å²) in [4.78, 5) is 2.22. The van der Waals surface area contributed by atoms with Crippen LogP contribution in [0.2, 0.25) is 0 Å². The van der Waals surface area contributed by atoms with Crippen molar-refractivity contribution in [1.82, 2.24) is 4.90 Å². The van der Waals surface area contributed by atoms with Gasteiger partial charge in [0, 0.05) is 26.7 Å². The van der Waals surface area contributed by atoms with E-state index in [-0.39, 0.29) is 5.56 Å². The second-order valence-corrected chi connectivity index (χ2v) is 4.79. The summed E-state index contributed by atoms with van der Waals surface area (Å²) in [7, 11) is 1.07. The van der Waals surface area contributed by atoms with Gasteiger partial charge in [0.2, 0.25) is 0 Å². The summed E-state index contributed by atoms with van der Waals surface area (Å²) >= 11 is 0. The van der Waals surface area contributed by atoms with Gasteiger partial charge in [0.1, 0.15) is 0 Å². The molecule has 1 aliphatic rings. The summed E-state index contributed by atoms with van der Waals surface area (Å²) in [5, 5.41) is 0. The molecule has 1 aromatic carbocycles. The third-order valence-electron chi connectivity index (χ3n) is 3.33. The minimum Gasteiger partial charge on any atom is -0.379 e. The van der Waals surface area contributed by atoms with Gasteiger partial charge in [-0.25, -0.2) is 0 Å². The lowest BCUT2D eigenvalue weighted by molar-refractivity contribution is -0.215. The summed E-state index contributed by atoms with van der Waals surface area (Å²) in [6.07, 6.45) is -6.25. The number of benzene rings is 1. The second kappa shape index (κ2) is 6.56. The van der Waals surface area contributed by atoms with Crippen LogP contribution in [0.15, 0.2) is 24.3 Å². The van der Waals surface area contributed by atoms with E-state index < -0.39 is 12.3 Å². The van der Waals surface area contributed by atoms with Crippen molar-refractivity contribution in [1.29, 1.82) is 0 Å². The number of hydrogen-bond donors (Lipinski definition) is 0. The molecule has 0 saturated carbocycles. The molecular weight excluding hydrogens is 271 g/mol. The fourth-order valence-corrected chi connectivity index (χ4v) is 2.27. The van der Waals surface area contributed by atoms with Crippen LogP contribution < -0.4 is 0 Å². The third-order valence-corrected chi connectivity index (χ3v) is 3.33. The Morgan fingerprint density at radius 3 is 2.30 bits per heavy atom. The van der Waals surface area contributed by atoms with Crippen molar-refractivity contribution in [3.8, 4) is 0 Å². The van der Waals surface area contributed by atoms with Gasteiger partial charge in [0.25, 0.3) is 0 Å². The molecule has 1 aliphatic heterocycles. The molecule has 0 aromatic heterocycles. The average Bonchev–Trinajstić information content (AvgIpc) is 2.41. The van der Waals surface area contributed by atoms with E-state index in [1.54, 1.807) is 12.1 Å². The Bertz CT molecular complexity index is 413. The van der Waals surface area contributed by atoms with E-state index in [1.165, 1.54) is 12.1 Å². The molecule has 1 aromatic rings. The molecule has 1 saturated heterocycles. The predicted octanol–water partition coefficient (Wildman–Crippen LogP) is 2.77. The standard InChI is InChI=1S/C14H18F3NO2/c1-19-13(14(15,16)17)12-4-2-11(3-5-12)10-18-6-8-20-9-7-18/h2-5,13H,6-10H2,1H3. The molecule has 1 heterocycles. The summed E-state index contributed by atoms with van der Waals surface area (Å²) in [6, 6.07) is 6.42. The third kappa shape index (κ3) is 3.94. The molecule has 0 spiro atoms. The normalized spacial score (nSPS) is 19.0. The summed E-state index contributed by atoms with van der Waals surface area (Å²) in [5.74, 6) is 0. The molecule has 0 bridgehead atoms. The van der Waals surface area contributed by atoms with Gasteiger partial charge in [-0.3, -0.25) is 4.90 Å². The highest BCUT2D eigenvalue weighted by Gasteiger charge is 2.41. The largest absolute Gasteiger partial charge is 0.418 e. The van der Waals surface area contributed by atoms with Crippen LogP contribution in [0.1, 0.15) is 17.2 Å². The van der Waals surface area contributed by atoms with Crippen molar-refractivity contribution in [2.24, 2.45) is 0 Å². The van der Waals surface area contributed by atoms with Crippen molar-refractivity contribution in [3.63, 3.8) is 0 Å². The maximum absolute atomic E-state index is 12.7. The maximum atomic E-state index is 12.7. The van der Waals surface area contributed by atoms with Gasteiger partial charge in [-0.15, -0.1) is 0 Å². The summed E-state index contributed by atoms with van der Waals surface area (Å²) < 4.78 is 48.0. The zero-order valence-corrected chi connectivity index (χ0v) is 11.3. The van der Waals surface area contributed by atoms with Gasteiger partial charge in [-0.2, -0.15) is 13.2 Å². The topological polar surface area (TPSA) is 21.7 Å². The highest BCUT2D eigenvalue weighted by molar-refractivity contribution is 5.25. The average molecular weight is 289 g/mol. The van der Waals surface area contributed by atoms with Crippen molar-refractivity contribution < 1.29 is 22.6 Å². The number of halogens is 3. The Morgan fingerprint density at radius 1 is 1.20 bits per heavy atom. The van der Waals surface area contributed by atoms with Crippen molar-refractivity contribution in [2.75, 3.05) is 33.4 Å². The van der Waals surface area contributed by atoms with Gasteiger partial charge in [-0.05, 0) is 11.1 Å². The molecule has 0 aliphatic carbocycles. The van der Waals surface area contributed by atoms with Gasteiger partial charge >= 0.3 is 6.18 Å². The Morgan fingerprint density at radius 2 is 1.80 bits per heavy atom. The molecule has 1 atom stereocenters. The van der Waals surface area contributed by atoms with Gasteiger partial charge in [-0.1, -0.05) is 24.3 Å². The Labute approximate surface area is 116 Å². The Kier molecular flexibility index (Phi) is 5.01. The number of methoxy groups -OCH3 is 1. The van der Waals surface area contributed by atoms with E-state index in [1.807, 2.05) is 0 Å². The van der Waals surface area contributed by atoms with Gasteiger partial charge < -0.3 is 9.47 Å². The SMILES string of the molecule is COC(c1ccc(CN2CCOCC2)cc1)C(F)(F)F. The zero-order chi connectivity index (χ0) is 14.6. The Balaban J connectivity index is 2.01. The molecule has 0 radical (unpaired) electrons. The lowest BCUT2D eigenvalue weighted by Crippen LogP contribution is -2.35. The van der Waals surface area contributed by atoms with Gasteiger partial charge in [0.15, 0.2) is 6.10 Å². The molecule has 1 unspecified atom stereocenters. The first-order chi connectivity index (χ1) is 9.50. The van der Waals surface area contributed by atoms with E-state index >= 15 is 0 Å². The molecule has 3 nitrogen and oxygen atoms in total. The number of nitrogens with zero attached hydrogens (tertiary/aromatic N) is 1. The van der Waals surface area contributed by atoms with Crippen LogP contribution in [0.3, 0.4) is 0 Å². The first-order valence-corrected chi connectivity index (χ1v) is 6.49. The highest BCUT2D eigenvalue weighted by Crippen LogP contribution is 2.35. The van der Waals surface area contributed by atoms with Crippen molar-refractivity contribution in [3.05, 3.63) is 35.4 Å². The predicted molar refractivity (Wildman–Crippen MR) is 68.3 cm³/mol. The molecule has 6 heteroatoms. The summed E-state index contributed by atoms with van der Waals surface area (Å²) in [5.41, 5.74) is 1.12. The van der Waals surface area contributed by atoms with Crippen molar-refractivity contribution in [2.45, 2.75) is 18.8 Å². The van der Waals surface area contributed by atoms with Crippen LogP contribution in [-0.4, -0.2) is 44.5 Å². The van der Waals surface area contributed by atoms with Crippen molar-refractivity contribution >= 4 is 0 Å². The van der Waals surface area contributed by atoms with Gasteiger partial charge in [0.05, 0.1) is 13.2 Å².